The van der Waals surface area contributed by atoms with Crippen molar-refractivity contribution in [3.05, 3.63) is 156 Å². The molecule has 0 unspecified atom stereocenters. The fourth-order valence-corrected chi connectivity index (χ4v) is 8.22. The van der Waals surface area contributed by atoms with Gasteiger partial charge >= 0.3 is 0 Å². The van der Waals surface area contributed by atoms with Crippen LogP contribution in [-0.2, 0) is 26.7 Å². The van der Waals surface area contributed by atoms with E-state index in [2.05, 4.69) is 172 Å². The first-order chi connectivity index (χ1) is 26.1. The first-order valence-electron chi connectivity index (χ1n) is 19.4. The van der Waals surface area contributed by atoms with Gasteiger partial charge in [0.2, 0.25) is 0 Å². The second-order valence-corrected chi connectivity index (χ2v) is 15.8. The zero-order valence-corrected chi connectivity index (χ0v) is 35.5. The monoisotopic (exact) mass is 903 g/mol. The van der Waals surface area contributed by atoms with Gasteiger partial charge in [0.1, 0.15) is 35.8 Å². The quantitative estimate of drug-likeness (QED) is 0.118. The summed E-state index contributed by atoms with van der Waals surface area (Å²) in [5.74, 6) is 3.84. The van der Waals surface area contributed by atoms with Gasteiger partial charge in [-0.2, -0.15) is 4.57 Å². The number of imidazole rings is 2. The van der Waals surface area contributed by atoms with Gasteiger partial charge < -0.3 is 8.98 Å². The molecule has 5 aromatic carbocycles. The standard InChI is InChI=1S/C27H25N2O.C22H25N2.Ir/c1-17(2)21-16-22-20-12-8-9-13-23(20)30-26(22)24(18(3)4)25(21)29-15-14-28-27(29)19-10-6-5-7-11-19;1-15(2)18-10-7-11-19(16(3)4)21(18)24-13-12-23-14-17-8-5-6-9-20(17)22(23)24;/h5-10,12-18H,1-4H3;5-13,15-16H,14H2,1-4H3;/q-1;+1;. The number of aromatic nitrogens is 4. The van der Waals surface area contributed by atoms with Gasteiger partial charge in [0.15, 0.2) is 0 Å². The van der Waals surface area contributed by atoms with E-state index in [4.69, 9.17) is 4.42 Å². The van der Waals surface area contributed by atoms with Gasteiger partial charge in [0.25, 0.3) is 5.82 Å². The van der Waals surface area contributed by atoms with Crippen LogP contribution in [0.4, 0.5) is 0 Å². The van der Waals surface area contributed by atoms with E-state index in [9.17, 15) is 0 Å². The van der Waals surface area contributed by atoms with Crippen LogP contribution in [0.2, 0.25) is 0 Å². The molecule has 4 heterocycles. The van der Waals surface area contributed by atoms with Crippen LogP contribution < -0.4 is 4.57 Å². The van der Waals surface area contributed by atoms with E-state index in [1.807, 2.05) is 30.5 Å². The summed E-state index contributed by atoms with van der Waals surface area (Å²) in [4.78, 5) is 4.69. The normalized spacial score (nSPS) is 12.1. The van der Waals surface area contributed by atoms with Crippen LogP contribution >= 0.6 is 0 Å². The number of hydrogen-bond donors (Lipinski definition) is 0. The molecule has 0 saturated carbocycles. The van der Waals surface area contributed by atoms with Crippen LogP contribution in [0.3, 0.4) is 0 Å². The molecular formula is C49H50IrN4O. The summed E-state index contributed by atoms with van der Waals surface area (Å²) in [6.07, 6.45) is 8.37. The van der Waals surface area contributed by atoms with Gasteiger partial charge in [-0.25, -0.2) is 4.57 Å². The summed E-state index contributed by atoms with van der Waals surface area (Å²) in [5, 5.41) is 2.36. The topological polar surface area (TPSA) is 39.8 Å². The minimum Gasteiger partial charge on any atom is -0.456 e. The molecule has 0 aliphatic carbocycles. The Bertz CT molecular complexity index is 2580. The molecule has 8 aromatic rings. The Morgan fingerprint density at radius 2 is 1.36 bits per heavy atom. The molecule has 55 heavy (non-hydrogen) atoms. The minimum absolute atomic E-state index is 0. The zero-order chi connectivity index (χ0) is 37.7. The predicted molar refractivity (Wildman–Crippen MR) is 222 cm³/mol. The molecule has 0 N–H and O–H groups in total. The van der Waals surface area contributed by atoms with Gasteiger partial charge in [0, 0.05) is 71.2 Å². The molecule has 0 saturated heterocycles. The number of para-hydroxylation sites is 2. The number of fused-ring (bicyclic) bond motifs is 6. The number of nitrogens with zero attached hydrogens (tertiary/aromatic N) is 4. The number of furan rings is 1. The summed E-state index contributed by atoms with van der Waals surface area (Å²) in [7, 11) is 0. The molecule has 1 radical (unpaired) electrons. The van der Waals surface area contributed by atoms with E-state index in [0.717, 1.165) is 29.1 Å². The Balaban J connectivity index is 0.000000170. The van der Waals surface area contributed by atoms with Crippen molar-refractivity contribution in [3.8, 4) is 34.2 Å². The summed E-state index contributed by atoms with van der Waals surface area (Å²) in [6.45, 7) is 19.1. The first-order valence-corrected chi connectivity index (χ1v) is 19.4. The predicted octanol–water partition coefficient (Wildman–Crippen LogP) is 12.5. The molecule has 0 atom stereocenters. The van der Waals surface area contributed by atoms with E-state index < -0.39 is 0 Å². The first kappa shape index (κ1) is 38.3. The molecule has 0 amide bonds. The Labute approximate surface area is 339 Å². The third kappa shape index (κ3) is 6.81. The average Bonchev–Trinajstić information content (AvgIpc) is 3.97. The third-order valence-corrected chi connectivity index (χ3v) is 10.8. The van der Waals surface area contributed by atoms with Crippen molar-refractivity contribution in [1.82, 2.24) is 14.1 Å². The molecule has 6 heteroatoms. The molecule has 0 spiro atoms. The Morgan fingerprint density at radius 3 is 2.05 bits per heavy atom. The van der Waals surface area contributed by atoms with Crippen LogP contribution in [0.1, 0.15) is 107 Å². The van der Waals surface area contributed by atoms with Gasteiger partial charge in [-0.1, -0.05) is 110 Å². The van der Waals surface area contributed by atoms with Crippen molar-refractivity contribution >= 4 is 21.9 Å². The molecule has 0 fully saturated rings. The zero-order valence-electron chi connectivity index (χ0n) is 33.1. The Morgan fingerprint density at radius 1 is 0.673 bits per heavy atom. The molecule has 5 nitrogen and oxygen atoms in total. The third-order valence-electron chi connectivity index (χ3n) is 10.8. The molecule has 0 bridgehead atoms. The van der Waals surface area contributed by atoms with Crippen LogP contribution in [0.25, 0.3) is 56.1 Å². The second-order valence-electron chi connectivity index (χ2n) is 15.8. The van der Waals surface area contributed by atoms with Crippen LogP contribution in [-0.4, -0.2) is 14.1 Å². The fourth-order valence-electron chi connectivity index (χ4n) is 8.22. The largest absolute Gasteiger partial charge is 0.456 e. The van der Waals surface area contributed by atoms with Crippen molar-refractivity contribution in [2.45, 2.75) is 85.6 Å². The van der Waals surface area contributed by atoms with Gasteiger partial charge in [-0.15, -0.1) is 35.9 Å². The maximum absolute atomic E-state index is 6.42. The van der Waals surface area contributed by atoms with Crippen molar-refractivity contribution in [2.75, 3.05) is 0 Å². The van der Waals surface area contributed by atoms with E-state index >= 15 is 0 Å². The molecule has 281 valence electrons. The smallest absolute Gasteiger partial charge is 0.294 e. The summed E-state index contributed by atoms with van der Waals surface area (Å²) >= 11 is 0. The average molecular weight is 903 g/mol. The summed E-state index contributed by atoms with van der Waals surface area (Å²) < 4.78 is 13.4. The fraction of sp³-hybridized carbons (Fsp3) is 0.265. The van der Waals surface area contributed by atoms with Gasteiger partial charge in [-0.3, -0.25) is 4.98 Å². The van der Waals surface area contributed by atoms with Crippen molar-refractivity contribution in [1.29, 1.82) is 0 Å². The molecule has 3 aromatic heterocycles. The van der Waals surface area contributed by atoms with E-state index in [1.54, 1.807) is 0 Å². The number of hydrogen-bond acceptors (Lipinski definition) is 2. The molecule has 1 aliphatic rings. The second kappa shape index (κ2) is 15.6. The maximum atomic E-state index is 6.42. The SMILES string of the molecule is CC(C)c1cc2c(oc3ccccc32)c(C(C)C)c1-n1ccnc1-c1[c-]cccc1.CC(C)c1cccc(C(C)C)c1-n1cc[n+]2c1-c1ccccc1C2.[Ir]. The van der Waals surface area contributed by atoms with Gasteiger partial charge in [-0.05, 0) is 47.4 Å². The van der Waals surface area contributed by atoms with Crippen molar-refractivity contribution < 1.29 is 29.1 Å². The molecule has 9 rings (SSSR count). The Kier molecular flexibility index (Phi) is 10.9. The van der Waals surface area contributed by atoms with Crippen LogP contribution in [0.5, 0.6) is 0 Å². The van der Waals surface area contributed by atoms with Crippen molar-refractivity contribution in [3.63, 3.8) is 0 Å². The van der Waals surface area contributed by atoms with E-state index in [0.29, 0.717) is 17.8 Å². The minimum atomic E-state index is 0. The van der Waals surface area contributed by atoms with Crippen LogP contribution in [0, 0.1) is 6.07 Å². The summed E-state index contributed by atoms with van der Waals surface area (Å²) in [6, 6.07) is 37.5. The number of benzene rings is 5. The van der Waals surface area contributed by atoms with E-state index in [1.165, 1.54) is 61.4 Å². The Hall–Kier alpha value is -5.03. The van der Waals surface area contributed by atoms with E-state index in [-0.39, 0.29) is 26.0 Å². The maximum Gasteiger partial charge on any atom is 0.294 e. The van der Waals surface area contributed by atoms with Crippen LogP contribution in [0.15, 0.2) is 126 Å². The van der Waals surface area contributed by atoms with Gasteiger partial charge in [0.05, 0.1) is 11.4 Å². The number of rotatable bonds is 7. The van der Waals surface area contributed by atoms with Crippen molar-refractivity contribution in [2.24, 2.45) is 0 Å². The molecule has 1 aliphatic heterocycles. The molecular weight excluding hydrogens is 853 g/mol. The summed E-state index contributed by atoms with van der Waals surface area (Å²) in [5.41, 5.74) is 13.6.